The van der Waals surface area contributed by atoms with Crippen LogP contribution in [0.25, 0.3) is 0 Å². The Hall–Kier alpha value is -1.31. The topological polar surface area (TPSA) is 37.3 Å². The molecule has 1 aromatic carbocycles. The lowest BCUT2D eigenvalue weighted by atomic mass is 10.1. The van der Waals surface area contributed by atoms with E-state index in [0.717, 1.165) is 6.42 Å². The van der Waals surface area contributed by atoms with Gasteiger partial charge in [-0.2, -0.15) is 0 Å². The van der Waals surface area contributed by atoms with Crippen LogP contribution in [-0.4, -0.2) is 11.1 Å². The fraction of sp³-hybridized carbons (Fsp3) is 0.500. The Morgan fingerprint density at radius 3 is 2.12 bits per heavy atom. The van der Waals surface area contributed by atoms with Crippen LogP contribution in [0.3, 0.4) is 0 Å². The third kappa shape index (κ3) is 9.25. The number of carboxylic acid groups (broad SMARTS) is 1. The fourth-order valence-electron chi connectivity index (χ4n) is 1.24. The van der Waals surface area contributed by atoms with E-state index in [2.05, 4.69) is 37.3 Å². The van der Waals surface area contributed by atoms with Crippen LogP contribution in [0.1, 0.15) is 45.1 Å². The largest absolute Gasteiger partial charge is 0.481 e. The molecule has 0 aliphatic carbocycles. The summed E-state index contributed by atoms with van der Waals surface area (Å²) in [5.41, 5.74) is 1.46. The first-order valence-electron chi connectivity index (χ1n) is 5.96. The van der Waals surface area contributed by atoms with Crippen molar-refractivity contribution in [3.8, 4) is 0 Å². The minimum Gasteiger partial charge on any atom is -0.481 e. The Morgan fingerprint density at radius 1 is 1.12 bits per heavy atom. The summed E-state index contributed by atoms with van der Waals surface area (Å²) in [4.78, 5) is 9.60. The Balaban J connectivity index is 0.000000325. The van der Waals surface area contributed by atoms with Gasteiger partial charge in [-0.3, -0.25) is 4.79 Å². The maximum absolute atomic E-state index is 9.60. The maximum atomic E-state index is 9.60. The van der Waals surface area contributed by atoms with Crippen molar-refractivity contribution in [3.05, 3.63) is 35.9 Å². The molecule has 0 spiro atoms. The van der Waals surface area contributed by atoms with Gasteiger partial charge in [0.1, 0.15) is 0 Å². The first kappa shape index (κ1) is 14.7. The van der Waals surface area contributed by atoms with E-state index in [1.807, 2.05) is 6.92 Å². The highest BCUT2D eigenvalue weighted by Crippen LogP contribution is 2.03. The molecule has 0 bridgehead atoms. The normalized spacial score (nSPS) is 9.12. The van der Waals surface area contributed by atoms with Crippen molar-refractivity contribution < 1.29 is 9.90 Å². The van der Waals surface area contributed by atoms with E-state index >= 15 is 0 Å². The Bertz CT molecular complexity index is 267. The molecule has 1 rings (SSSR count). The molecular weight excluding hydrogens is 200 g/mol. The summed E-state index contributed by atoms with van der Waals surface area (Å²) in [7, 11) is 0. The summed E-state index contributed by atoms with van der Waals surface area (Å²) in [6, 6.07) is 10.6. The van der Waals surface area contributed by atoms with Gasteiger partial charge in [0, 0.05) is 6.42 Å². The second kappa shape index (κ2) is 10.2. The number of carbonyl (C=O) groups is 1. The zero-order valence-corrected chi connectivity index (χ0v) is 10.3. The molecule has 0 unspecified atom stereocenters. The first-order valence-corrected chi connectivity index (χ1v) is 5.96. The van der Waals surface area contributed by atoms with Gasteiger partial charge in [-0.1, -0.05) is 50.6 Å². The number of unbranched alkanes of at least 4 members (excludes halogenated alkanes) is 1. The SMILES string of the molecule is CCCC(=O)O.CCCCc1ccccc1. The van der Waals surface area contributed by atoms with Crippen LogP contribution in [0.15, 0.2) is 30.3 Å². The molecule has 2 nitrogen and oxygen atoms in total. The van der Waals surface area contributed by atoms with Gasteiger partial charge in [0.2, 0.25) is 0 Å². The summed E-state index contributed by atoms with van der Waals surface area (Å²) in [6.07, 6.45) is 4.85. The Labute approximate surface area is 98.3 Å². The zero-order chi connectivity index (χ0) is 12.2. The van der Waals surface area contributed by atoms with Crippen molar-refractivity contribution in [2.24, 2.45) is 0 Å². The molecule has 2 heteroatoms. The highest BCUT2D eigenvalue weighted by atomic mass is 16.4. The molecule has 1 N–H and O–H groups in total. The minimum absolute atomic E-state index is 0.292. The summed E-state index contributed by atoms with van der Waals surface area (Å²) in [6.45, 7) is 4.07. The predicted molar refractivity (Wildman–Crippen MR) is 67.6 cm³/mol. The lowest BCUT2D eigenvalue weighted by Crippen LogP contribution is -1.90. The van der Waals surface area contributed by atoms with E-state index in [0.29, 0.717) is 6.42 Å². The van der Waals surface area contributed by atoms with Crippen LogP contribution in [-0.2, 0) is 11.2 Å². The number of hydrogen-bond acceptors (Lipinski definition) is 1. The quantitative estimate of drug-likeness (QED) is 0.820. The first-order chi connectivity index (χ1) is 7.70. The molecule has 16 heavy (non-hydrogen) atoms. The molecule has 0 aromatic heterocycles. The minimum atomic E-state index is -0.711. The number of carboxylic acids is 1. The van der Waals surface area contributed by atoms with Gasteiger partial charge in [-0.25, -0.2) is 0 Å². The third-order valence-corrected chi connectivity index (χ3v) is 2.13. The van der Waals surface area contributed by atoms with Crippen LogP contribution in [0.5, 0.6) is 0 Å². The second-order valence-electron chi connectivity index (χ2n) is 3.73. The highest BCUT2D eigenvalue weighted by Gasteiger charge is 1.88. The lowest BCUT2D eigenvalue weighted by molar-refractivity contribution is -0.137. The van der Waals surface area contributed by atoms with Gasteiger partial charge in [-0.05, 0) is 24.8 Å². The van der Waals surface area contributed by atoms with E-state index in [1.54, 1.807) is 0 Å². The smallest absolute Gasteiger partial charge is 0.303 e. The number of aliphatic carboxylic acids is 1. The molecule has 0 fully saturated rings. The summed E-state index contributed by atoms with van der Waals surface area (Å²) >= 11 is 0. The maximum Gasteiger partial charge on any atom is 0.303 e. The zero-order valence-electron chi connectivity index (χ0n) is 10.3. The van der Waals surface area contributed by atoms with Gasteiger partial charge in [0.05, 0.1) is 0 Å². The predicted octanol–water partition coefficient (Wildman–Crippen LogP) is 3.90. The van der Waals surface area contributed by atoms with Crippen molar-refractivity contribution in [1.29, 1.82) is 0 Å². The van der Waals surface area contributed by atoms with Crippen LogP contribution in [0, 0.1) is 0 Å². The van der Waals surface area contributed by atoms with Gasteiger partial charge < -0.3 is 5.11 Å². The van der Waals surface area contributed by atoms with Crippen molar-refractivity contribution in [3.63, 3.8) is 0 Å². The molecule has 0 atom stereocenters. The van der Waals surface area contributed by atoms with E-state index in [9.17, 15) is 4.79 Å². The summed E-state index contributed by atoms with van der Waals surface area (Å²) in [5.74, 6) is -0.711. The van der Waals surface area contributed by atoms with Crippen LogP contribution in [0.2, 0.25) is 0 Å². The Kier molecular flexibility index (Phi) is 9.38. The van der Waals surface area contributed by atoms with Gasteiger partial charge >= 0.3 is 5.97 Å². The highest BCUT2D eigenvalue weighted by molar-refractivity contribution is 5.66. The van der Waals surface area contributed by atoms with E-state index in [-0.39, 0.29) is 0 Å². The lowest BCUT2D eigenvalue weighted by Gasteiger charge is -1.96. The fourth-order valence-corrected chi connectivity index (χ4v) is 1.24. The molecule has 0 amide bonds. The van der Waals surface area contributed by atoms with E-state index in [1.165, 1.54) is 24.8 Å². The van der Waals surface area contributed by atoms with Gasteiger partial charge in [0.25, 0.3) is 0 Å². The molecule has 0 aliphatic rings. The van der Waals surface area contributed by atoms with Crippen molar-refractivity contribution >= 4 is 5.97 Å². The van der Waals surface area contributed by atoms with Gasteiger partial charge in [-0.15, -0.1) is 0 Å². The average molecular weight is 222 g/mol. The number of rotatable bonds is 5. The molecule has 0 saturated heterocycles. The van der Waals surface area contributed by atoms with Crippen molar-refractivity contribution in [1.82, 2.24) is 0 Å². The second-order valence-corrected chi connectivity index (χ2v) is 3.73. The molecule has 90 valence electrons. The van der Waals surface area contributed by atoms with Crippen molar-refractivity contribution in [2.75, 3.05) is 0 Å². The van der Waals surface area contributed by atoms with Crippen molar-refractivity contribution in [2.45, 2.75) is 46.0 Å². The standard InChI is InChI=1S/C10H14.C4H8O2/c1-2-3-7-10-8-5-4-6-9-10;1-2-3-4(5)6/h4-6,8-9H,2-3,7H2,1H3;2-3H2,1H3,(H,5,6). The van der Waals surface area contributed by atoms with Crippen LogP contribution in [0.4, 0.5) is 0 Å². The molecule has 0 aliphatic heterocycles. The van der Waals surface area contributed by atoms with E-state index in [4.69, 9.17) is 5.11 Å². The third-order valence-electron chi connectivity index (χ3n) is 2.13. The van der Waals surface area contributed by atoms with Crippen LogP contribution >= 0.6 is 0 Å². The molecule has 0 radical (unpaired) electrons. The Morgan fingerprint density at radius 2 is 1.75 bits per heavy atom. The average Bonchev–Trinajstić information content (AvgIpc) is 2.28. The van der Waals surface area contributed by atoms with Gasteiger partial charge in [0.15, 0.2) is 0 Å². The molecule has 0 heterocycles. The van der Waals surface area contributed by atoms with E-state index < -0.39 is 5.97 Å². The number of hydrogen-bond donors (Lipinski definition) is 1. The summed E-state index contributed by atoms with van der Waals surface area (Å²) < 4.78 is 0. The molecular formula is C14H22O2. The molecule has 1 aromatic rings. The van der Waals surface area contributed by atoms with Crippen LogP contribution < -0.4 is 0 Å². The monoisotopic (exact) mass is 222 g/mol. The summed E-state index contributed by atoms with van der Waals surface area (Å²) in [5, 5.41) is 7.91. The molecule has 0 saturated carbocycles. The number of benzene rings is 1. The number of aryl methyl sites for hydroxylation is 1.